The second-order valence-corrected chi connectivity index (χ2v) is 8.79. The van der Waals surface area contributed by atoms with E-state index in [9.17, 15) is 19.5 Å². The molecule has 33 heavy (non-hydrogen) atoms. The van der Waals surface area contributed by atoms with Crippen LogP contribution in [0.2, 0.25) is 0 Å². The minimum atomic E-state index is -1.69. The number of carbonyl (C=O) groups excluding carboxylic acids is 3. The first-order valence-electron chi connectivity index (χ1n) is 10.7. The zero-order valence-corrected chi connectivity index (χ0v) is 18.9. The summed E-state index contributed by atoms with van der Waals surface area (Å²) >= 11 is 0. The third-order valence-electron chi connectivity index (χ3n) is 4.97. The van der Waals surface area contributed by atoms with E-state index in [2.05, 4.69) is 16.4 Å². The van der Waals surface area contributed by atoms with Gasteiger partial charge in [-0.3, -0.25) is 14.9 Å². The summed E-state index contributed by atoms with van der Waals surface area (Å²) in [6.07, 6.45) is 0.0653. The summed E-state index contributed by atoms with van der Waals surface area (Å²) in [5, 5.41) is 15.6. The van der Waals surface area contributed by atoms with Gasteiger partial charge in [-0.1, -0.05) is 54.6 Å². The van der Waals surface area contributed by atoms with Crippen LogP contribution in [-0.2, 0) is 27.2 Å². The van der Waals surface area contributed by atoms with Crippen LogP contribution >= 0.6 is 0 Å². The van der Waals surface area contributed by atoms with E-state index < -0.39 is 35.7 Å². The Kier molecular flexibility index (Phi) is 7.48. The van der Waals surface area contributed by atoms with E-state index in [-0.39, 0.29) is 12.0 Å². The minimum Gasteiger partial charge on any atom is -0.444 e. The zero-order chi connectivity index (χ0) is 24.0. The Labute approximate surface area is 193 Å². The lowest BCUT2D eigenvalue weighted by Gasteiger charge is -2.26. The SMILES string of the molecule is CC(C)(C)OC(=O)NC(Cc1ccccc1)C(O)C(=O)NC(=O)C1=C=CCc2ccccc21. The summed E-state index contributed by atoms with van der Waals surface area (Å²) in [6.45, 7) is 5.14. The predicted octanol–water partition coefficient (Wildman–Crippen LogP) is 2.92. The van der Waals surface area contributed by atoms with Gasteiger partial charge in [0.1, 0.15) is 5.60 Å². The van der Waals surface area contributed by atoms with Crippen LogP contribution in [0.3, 0.4) is 0 Å². The van der Waals surface area contributed by atoms with Crippen molar-refractivity contribution in [2.24, 2.45) is 0 Å². The Bertz CT molecular complexity index is 1100. The zero-order valence-electron chi connectivity index (χ0n) is 18.9. The Balaban J connectivity index is 1.74. The third-order valence-corrected chi connectivity index (χ3v) is 4.97. The molecule has 7 heteroatoms. The second kappa shape index (κ2) is 10.3. The van der Waals surface area contributed by atoms with Crippen molar-refractivity contribution in [1.82, 2.24) is 10.6 Å². The van der Waals surface area contributed by atoms with Crippen LogP contribution < -0.4 is 10.6 Å². The maximum Gasteiger partial charge on any atom is 0.407 e. The van der Waals surface area contributed by atoms with Crippen molar-refractivity contribution < 1.29 is 24.2 Å². The molecule has 2 atom stereocenters. The van der Waals surface area contributed by atoms with Crippen molar-refractivity contribution in [2.45, 2.75) is 51.4 Å². The fourth-order valence-corrected chi connectivity index (χ4v) is 3.47. The van der Waals surface area contributed by atoms with E-state index in [1.165, 1.54) is 0 Å². The van der Waals surface area contributed by atoms with Gasteiger partial charge >= 0.3 is 6.09 Å². The first kappa shape index (κ1) is 24.0. The lowest BCUT2D eigenvalue weighted by Crippen LogP contribution is -2.53. The van der Waals surface area contributed by atoms with Gasteiger partial charge in [0.15, 0.2) is 6.10 Å². The van der Waals surface area contributed by atoms with E-state index in [1.807, 2.05) is 42.5 Å². The fourth-order valence-electron chi connectivity index (χ4n) is 3.47. The molecule has 0 aliphatic heterocycles. The number of alkyl carbamates (subject to hydrolysis) is 1. The van der Waals surface area contributed by atoms with Crippen molar-refractivity contribution in [1.29, 1.82) is 0 Å². The van der Waals surface area contributed by atoms with Crippen LogP contribution in [0.5, 0.6) is 0 Å². The molecule has 0 radical (unpaired) electrons. The highest BCUT2D eigenvalue weighted by Crippen LogP contribution is 2.23. The van der Waals surface area contributed by atoms with Crippen LogP contribution in [0.15, 0.2) is 66.4 Å². The Morgan fingerprint density at radius 2 is 1.73 bits per heavy atom. The van der Waals surface area contributed by atoms with E-state index in [1.54, 1.807) is 39.0 Å². The number of amides is 3. The fraction of sp³-hybridized carbons (Fsp3) is 0.308. The summed E-state index contributed by atoms with van der Waals surface area (Å²) in [4.78, 5) is 37.9. The number of hydrogen-bond donors (Lipinski definition) is 3. The summed E-state index contributed by atoms with van der Waals surface area (Å²) in [5.74, 6) is -1.59. The molecule has 7 nitrogen and oxygen atoms in total. The number of aliphatic hydroxyl groups is 1. The smallest absolute Gasteiger partial charge is 0.407 e. The van der Waals surface area contributed by atoms with E-state index in [4.69, 9.17) is 4.74 Å². The molecule has 0 aromatic heterocycles. The van der Waals surface area contributed by atoms with Gasteiger partial charge in [-0.15, -0.1) is 5.73 Å². The van der Waals surface area contributed by atoms with Gasteiger partial charge in [0.25, 0.3) is 11.8 Å². The number of nitrogens with one attached hydrogen (secondary N) is 2. The monoisotopic (exact) mass is 448 g/mol. The van der Waals surface area contributed by atoms with Crippen molar-refractivity contribution >= 4 is 23.5 Å². The van der Waals surface area contributed by atoms with Crippen LogP contribution in [-0.4, -0.2) is 40.8 Å². The predicted molar refractivity (Wildman–Crippen MR) is 124 cm³/mol. The van der Waals surface area contributed by atoms with Crippen molar-refractivity contribution in [3.05, 3.63) is 83.1 Å². The summed E-state index contributed by atoms with van der Waals surface area (Å²) < 4.78 is 5.27. The molecule has 172 valence electrons. The molecule has 0 spiro atoms. The average Bonchev–Trinajstić information content (AvgIpc) is 2.77. The van der Waals surface area contributed by atoms with Gasteiger partial charge < -0.3 is 15.2 Å². The topological polar surface area (TPSA) is 105 Å². The molecule has 3 N–H and O–H groups in total. The van der Waals surface area contributed by atoms with Gasteiger partial charge in [-0.2, -0.15) is 0 Å². The molecule has 2 aromatic carbocycles. The van der Waals surface area contributed by atoms with Crippen LogP contribution in [0.25, 0.3) is 5.57 Å². The molecule has 2 aromatic rings. The van der Waals surface area contributed by atoms with Gasteiger partial charge in [-0.05, 0) is 56.4 Å². The summed E-state index contributed by atoms with van der Waals surface area (Å²) in [6, 6.07) is 15.4. The molecule has 1 aliphatic rings. The maximum atomic E-state index is 12.8. The highest BCUT2D eigenvalue weighted by atomic mass is 16.6. The average molecular weight is 449 g/mol. The molecular weight excluding hydrogens is 420 g/mol. The van der Waals surface area contributed by atoms with Crippen LogP contribution in [0.1, 0.15) is 37.5 Å². The molecule has 0 fully saturated rings. The number of benzene rings is 2. The molecule has 3 rings (SSSR count). The first-order valence-corrected chi connectivity index (χ1v) is 10.7. The number of ether oxygens (including phenoxy) is 1. The number of carbonyl (C=O) groups is 3. The van der Waals surface area contributed by atoms with Crippen molar-refractivity contribution in [2.75, 3.05) is 0 Å². The summed E-state index contributed by atoms with van der Waals surface area (Å²) in [7, 11) is 0. The molecule has 1 aliphatic carbocycles. The Morgan fingerprint density at radius 3 is 2.42 bits per heavy atom. The van der Waals surface area contributed by atoms with Crippen molar-refractivity contribution in [3.63, 3.8) is 0 Å². The van der Waals surface area contributed by atoms with E-state index in [0.29, 0.717) is 12.0 Å². The molecule has 0 saturated heterocycles. The van der Waals surface area contributed by atoms with Gasteiger partial charge in [0.05, 0.1) is 11.6 Å². The maximum absolute atomic E-state index is 12.8. The summed E-state index contributed by atoms with van der Waals surface area (Å²) in [5.41, 5.74) is 4.80. The minimum absolute atomic E-state index is 0.161. The largest absolute Gasteiger partial charge is 0.444 e. The highest BCUT2D eigenvalue weighted by molar-refractivity contribution is 6.24. The van der Waals surface area contributed by atoms with E-state index >= 15 is 0 Å². The molecule has 0 saturated carbocycles. The number of aliphatic hydroxyl groups excluding tert-OH is 1. The van der Waals surface area contributed by atoms with Gasteiger partial charge in [0, 0.05) is 0 Å². The molecule has 2 unspecified atom stereocenters. The van der Waals surface area contributed by atoms with Crippen LogP contribution in [0.4, 0.5) is 4.79 Å². The lowest BCUT2D eigenvalue weighted by atomic mass is 9.94. The molecular formula is C26H28N2O5. The molecule has 0 heterocycles. The molecule has 3 amide bonds. The van der Waals surface area contributed by atoms with E-state index in [0.717, 1.165) is 11.1 Å². The van der Waals surface area contributed by atoms with Gasteiger partial charge in [-0.25, -0.2) is 4.79 Å². The highest BCUT2D eigenvalue weighted by Gasteiger charge is 2.31. The number of hydrogen-bond acceptors (Lipinski definition) is 5. The normalized spacial score (nSPS) is 14.4. The number of fused-ring (bicyclic) bond motifs is 1. The first-order chi connectivity index (χ1) is 15.6. The standard InChI is InChI=1S/C26H28N2O5/c1-26(2,3)33-25(32)27-21(16-17-10-5-4-6-11-17)22(29)24(31)28-23(30)20-15-9-13-18-12-7-8-14-19(18)20/h4-12,14,21-22,29H,13,16H2,1-3H3,(H,27,32)(H,28,30,31). The van der Waals surface area contributed by atoms with Crippen molar-refractivity contribution in [3.8, 4) is 0 Å². The Hall–Kier alpha value is -3.67. The Morgan fingerprint density at radius 1 is 1.06 bits per heavy atom. The van der Waals surface area contributed by atoms with Crippen LogP contribution in [0, 0.1) is 0 Å². The number of rotatable bonds is 6. The van der Waals surface area contributed by atoms with Gasteiger partial charge in [0.2, 0.25) is 0 Å². The second-order valence-electron chi connectivity index (χ2n) is 8.79. The molecule has 0 bridgehead atoms. The quantitative estimate of drug-likeness (QED) is 0.590. The number of imide groups is 1. The third kappa shape index (κ3) is 6.65. The lowest BCUT2D eigenvalue weighted by molar-refractivity contribution is -0.134.